The Morgan fingerprint density at radius 2 is 2.17 bits per heavy atom. The molecule has 1 rings (SSSR count). The van der Waals surface area contributed by atoms with Crippen molar-refractivity contribution >= 4 is 22.0 Å². The maximum Gasteiger partial charge on any atom is 0.124 e. The quantitative estimate of drug-likeness (QED) is 0.830. The monoisotopic (exact) mass is 229 g/mol. The maximum absolute atomic E-state index is 12.8. The van der Waals surface area contributed by atoms with Gasteiger partial charge in [0.15, 0.2) is 0 Å². The second kappa shape index (κ2) is 4.38. The van der Waals surface area contributed by atoms with Crippen LogP contribution in [0.25, 0.3) is 6.08 Å². The predicted octanol–water partition coefficient (Wildman–Crippen LogP) is 2.56. The van der Waals surface area contributed by atoms with E-state index in [0.717, 1.165) is 10.0 Å². The number of hydrogen-bond donors (Lipinski definition) is 1. The van der Waals surface area contributed by atoms with E-state index >= 15 is 0 Å². The highest BCUT2D eigenvalue weighted by Crippen LogP contribution is 2.15. The molecule has 0 atom stereocenters. The molecule has 0 aliphatic rings. The second-order valence-electron chi connectivity index (χ2n) is 2.34. The number of rotatable bonds is 2. The second-order valence-corrected chi connectivity index (χ2v) is 3.26. The van der Waals surface area contributed by atoms with Gasteiger partial charge < -0.3 is 5.73 Å². The van der Waals surface area contributed by atoms with Gasteiger partial charge in [-0.15, -0.1) is 0 Å². The van der Waals surface area contributed by atoms with Crippen molar-refractivity contribution in [2.45, 2.75) is 0 Å². The zero-order chi connectivity index (χ0) is 8.97. The van der Waals surface area contributed by atoms with Gasteiger partial charge in [0.1, 0.15) is 5.82 Å². The summed E-state index contributed by atoms with van der Waals surface area (Å²) in [4.78, 5) is 0. The molecule has 1 aromatic rings. The lowest BCUT2D eigenvalue weighted by molar-refractivity contribution is 0.626. The first-order chi connectivity index (χ1) is 5.72. The molecule has 0 bridgehead atoms. The van der Waals surface area contributed by atoms with Crippen LogP contribution >= 0.6 is 15.9 Å². The van der Waals surface area contributed by atoms with Crippen molar-refractivity contribution in [3.63, 3.8) is 0 Å². The average molecular weight is 230 g/mol. The fourth-order valence-electron chi connectivity index (χ4n) is 0.876. The summed E-state index contributed by atoms with van der Waals surface area (Å²) < 4.78 is 13.5. The summed E-state index contributed by atoms with van der Waals surface area (Å²) in [5, 5.41) is 0. The molecular formula is C9H9BrFN. The molecular weight excluding hydrogens is 221 g/mol. The molecule has 0 unspecified atom stereocenters. The SMILES string of the molecule is NC/C=C/c1cc(F)cc(Br)c1. The molecule has 0 amide bonds. The summed E-state index contributed by atoms with van der Waals surface area (Å²) in [5.41, 5.74) is 6.07. The minimum atomic E-state index is -0.249. The van der Waals surface area contributed by atoms with Crippen LogP contribution in [0.1, 0.15) is 5.56 Å². The molecule has 0 fully saturated rings. The van der Waals surface area contributed by atoms with Crippen molar-refractivity contribution < 1.29 is 4.39 Å². The topological polar surface area (TPSA) is 26.0 Å². The highest BCUT2D eigenvalue weighted by Gasteiger charge is 1.94. The molecule has 0 saturated carbocycles. The minimum Gasteiger partial charge on any atom is -0.327 e. The Labute approximate surface area is 79.2 Å². The number of nitrogens with two attached hydrogens (primary N) is 1. The molecule has 0 aromatic heterocycles. The van der Waals surface area contributed by atoms with Gasteiger partial charge in [-0.2, -0.15) is 0 Å². The number of halogens is 2. The van der Waals surface area contributed by atoms with Crippen molar-refractivity contribution in [1.29, 1.82) is 0 Å². The Balaban J connectivity index is 2.93. The molecule has 0 aliphatic heterocycles. The standard InChI is InChI=1S/C9H9BrFN/c10-8-4-7(2-1-3-12)5-9(11)6-8/h1-2,4-6H,3,12H2/b2-1+. The highest BCUT2D eigenvalue weighted by atomic mass is 79.9. The Morgan fingerprint density at radius 3 is 2.75 bits per heavy atom. The van der Waals surface area contributed by atoms with E-state index in [-0.39, 0.29) is 5.82 Å². The third-order valence-electron chi connectivity index (χ3n) is 1.33. The van der Waals surface area contributed by atoms with Crippen LogP contribution in [0.3, 0.4) is 0 Å². The van der Waals surface area contributed by atoms with Gasteiger partial charge in [0, 0.05) is 11.0 Å². The average Bonchev–Trinajstić information content (AvgIpc) is 1.99. The maximum atomic E-state index is 12.8. The number of hydrogen-bond acceptors (Lipinski definition) is 1. The highest BCUT2D eigenvalue weighted by molar-refractivity contribution is 9.10. The van der Waals surface area contributed by atoms with Crippen LogP contribution in [-0.4, -0.2) is 6.54 Å². The van der Waals surface area contributed by atoms with Gasteiger partial charge in [0.25, 0.3) is 0 Å². The van der Waals surface area contributed by atoms with Gasteiger partial charge in [-0.1, -0.05) is 28.1 Å². The third kappa shape index (κ3) is 2.75. The molecule has 0 saturated heterocycles. The van der Waals surface area contributed by atoms with Crippen LogP contribution in [0.4, 0.5) is 4.39 Å². The van der Waals surface area contributed by atoms with Crippen LogP contribution in [0.2, 0.25) is 0 Å². The largest absolute Gasteiger partial charge is 0.327 e. The summed E-state index contributed by atoms with van der Waals surface area (Å²) in [6.45, 7) is 0.466. The third-order valence-corrected chi connectivity index (χ3v) is 1.79. The Morgan fingerprint density at radius 1 is 1.42 bits per heavy atom. The van der Waals surface area contributed by atoms with Crippen LogP contribution in [-0.2, 0) is 0 Å². The summed E-state index contributed by atoms with van der Waals surface area (Å²) in [7, 11) is 0. The first kappa shape index (κ1) is 9.42. The molecule has 12 heavy (non-hydrogen) atoms. The van der Waals surface area contributed by atoms with Gasteiger partial charge in [0.2, 0.25) is 0 Å². The van der Waals surface area contributed by atoms with E-state index in [1.807, 2.05) is 6.07 Å². The van der Waals surface area contributed by atoms with Gasteiger partial charge in [-0.25, -0.2) is 4.39 Å². The van der Waals surface area contributed by atoms with E-state index in [4.69, 9.17) is 5.73 Å². The molecule has 0 spiro atoms. The summed E-state index contributed by atoms with van der Waals surface area (Å²) in [5.74, 6) is -0.249. The van der Waals surface area contributed by atoms with E-state index < -0.39 is 0 Å². The van der Waals surface area contributed by atoms with E-state index in [1.165, 1.54) is 12.1 Å². The van der Waals surface area contributed by atoms with Crippen LogP contribution < -0.4 is 5.73 Å². The van der Waals surface area contributed by atoms with Gasteiger partial charge in [-0.3, -0.25) is 0 Å². The fourth-order valence-corrected chi connectivity index (χ4v) is 1.36. The molecule has 2 N–H and O–H groups in total. The van der Waals surface area contributed by atoms with Gasteiger partial charge in [-0.05, 0) is 23.8 Å². The lowest BCUT2D eigenvalue weighted by Crippen LogP contribution is -1.92. The fraction of sp³-hybridized carbons (Fsp3) is 0.111. The smallest absolute Gasteiger partial charge is 0.124 e. The molecule has 64 valence electrons. The summed E-state index contributed by atoms with van der Waals surface area (Å²) in [6.07, 6.45) is 3.56. The number of benzene rings is 1. The zero-order valence-electron chi connectivity index (χ0n) is 6.43. The van der Waals surface area contributed by atoms with E-state index in [0.29, 0.717) is 6.54 Å². The van der Waals surface area contributed by atoms with Crippen molar-refractivity contribution in [2.75, 3.05) is 6.54 Å². The lowest BCUT2D eigenvalue weighted by atomic mass is 10.2. The predicted molar refractivity (Wildman–Crippen MR) is 52.2 cm³/mol. The van der Waals surface area contributed by atoms with Crippen molar-refractivity contribution in [1.82, 2.24) is 0 Å². The minimum absolute atomic E-state index is 0.249. The van der Waals surface area contributed by atoms with Crippen LogP contribution in [0.5, 0.6) is 0 Å². The summed E-state index contributed by atoms with van der Waals surface area (Å²) >= 11 is 3.20. The molecule has 3 heteroatoms. The lowest BCUT2D eigenvalue weighted by Gasteiger charge is -1.95. The van der Waals surface area contributed by atoms with E-state index in [1.54, 1.807) is 12.2 Å². The molecule has 0 radical (unpaired) electrons. The Hall–Kier alpha value is -0.670. The van der Waals surface area contributed by atoms with Crippen molar-refractivity contribution in [3.8, 4) is 0 Å². The molecule has 0 heterocycles. The van der Waals surface area contributed by atoms with Crippen LogP contribution in [0.15, 0.2) is 28.7 Å². The normalized spacial score (nSPS) is 10.9. The zero-order valence-corrected chi connectivity index (χ0v) is 8.01. The van der Waals surface area contributed by atoms with E-state index in [2.05, 4.69) is 15.9 Å². The molecule has 1 nitrogen and oxygen atoms in total. The van der Waals surface area contributed by atoms with E-state index in [9.17, 15) is 4.39 Å². The Bertz CT molecular complexity index is 276. The van der Waals surface area contributed by atoms with Gasteiger partial charge >= 0.3 is 0 Å². The molecule has 0 aliphatic carbocycles. The van der Waals surface area contributed by atoms with Crippen molar-refractivity contribution in [3.05, 3.63) is 40.1 Å². The summed E-state index contributed by atoms with van der Waals surface area (Å²) in [6, 6.07) is 4.70. The molecule has 1 aromatic carbocycles. The van der Waals surface area contributed by atoms with Gasteiger partial charge in [0.05, 0.1) is 0 Å². The van der Waals surface area contributed by atoms with Crippen molar-refractivity contribution in [2.24, 2.45) is 5.73 Å². The first-order valence-electron chi connectivity index (χ1n) is 3.55. The Kier molecular flexibility index (Phi) is 3.44. The van der Waals surface area contributed by atoms with Crippen LogP contribution in [0, 0.1) is 5.82 Å². The first-order valence-corrected chi connectivity index (χ1v) is 4.34.